The molecule has 0 N–H and O–H groups in total. The van der Waals surface area contributed by atoms with Crippen molar-refractivity contribution >= 4 is 23.1 Å². The molecule has 3 heterocycles. The number of hydrogen-bond acceptors (Lipinski definition) is 7. The molecule has 0 atom stereocenters. The second-order valence-corrected chi connectivity index (χ2v) is 7.30. The Morgan fingerprint density at radius 2 is 2.08 bits per heavy atom. The van der Waals surface area contributed by atoms with Gasteiger partial charge in [-0.2, -0.15) is 0 Å². The Morgan fingerprint density at radius 3 is 2.92 bits per heavy atom. The Balaban J connectivity index is 1.48. The van der Waals surface area contributed by atoms with E-state index >= 15 is 0 Å². The number of thiazole rings is 1. The number of aromatic nitrogens is 4. The maximum Gasteiger partial charge on any atom is 0.231 e. The minimum absolute atomic E-state index is 0.288. The van der Waals surface area contributed by atoms with E-state index in [0.717, 1.165) is 57.5 Å². The normalized spacial score (nSPS) is 12.7. The van der Waals surface area contributed by atoms with Gasteiger partial charge in [0.05, 0.1) is 5.69 Å². The summed E-state index contributed by atoms with van der Waals surface area (Å²) in [5.41, 5.74) is 2.10. The quantitative estimate of drug-likeness (QED) is 0.608. The lowest BCUT2D eigenvalue weighted by atomic mass is 10.2. The van der Waals surface area contributed by atoms with Crippen LogP contribution in [0.25, 0.3) is 10.6 Å². The lowest BCUT2D eigenvalue weighted by Crippen LogP contribution is -2.02. The molecule has 0 radical (unpaired) electrons. The van der Waals surface area contributed by atoms with E-state index in [1.165, 1.54) is 0 Å². The molecule has 2 aromatic heterocycles. The predicted octanol–water partition coefficient (Wildman–Crippen LogP) is 4.00. The van der Waals surface area contributed by atoms with Gasteiger partial charge in [0.15, 0.2) is 16.7 Å². The summed E-state index contributed by atoms with van der Waals surface area (Å²) in [6.45, 7) is 5.39. The molecule has 0 saturated heterocycles. The van der Waals surface area contributed by atoms with E-state index < -0.39 is 0 Å². The molecule has 0 aliphatic carbocycles. The van der Waals surface area contributed by atoms with Crippen molar-refractivity contribution in [2.45, 2.75) is 37.7 Å². The van der Waals surface area contributed by atoms with Crippen molar-refractivity contribution in [3.05, 3.63) is 35.1 Å². The van der Waals surface area contributed by atoms with Gasteiger partial charge in [-0.25, -0.2) is 4.98 Å². The summed E-state index contributed by atoms with van der Waals surface area (Å²) >= 11 is 3.32. The molecular formula is C17H18N4O2S2. The van der Waals surface area contributed by atoms with Crippen molar-refractivity contribution in [2.24, 2.45) is 0 Å². The van der Waals surface area contributed by atoms with Crippen LogP contribution in [0.1, 0.15) is 25.4 Å². The minimum atomic E-state index is 0.288. The average Bonchev–Trinajstić information content (AvgIpc) is 3.37. The third-order valence-electron chi connectivity index (χ3n) is 3.95. The fraction of sp³-hybridized carbons (Fsp3) is 0.353. The molecular weight excluding hydrogens is 356 g/mol. The van der Waals surface area contributed by atoms with Gasteiger partial charge in [-0.15, -0.1) is 21.5 Å². The van der Waals surface area contributed by atoms with Crippen LogP contribution >= 0.6 is 23.1 Å². The fourth-order valence-electron chi connectivity index (χ4n) is 2.68. The number of ether oxygens (including phenoxy) is 2. The van der Waals surface area contributed by atoms with Gasteiger partial charge in [-0.3, -0.25) is 0 Å². The highest BCUT2D eigenvalue weighted by molar-refractivity contribution is 7.98. The summed E-state index contributed by atoms with van der Waals surface area (Å²) in [4.78, 5) is 4.75. The summed E-state index contributed by atoms with van der Waals surface area (Å²) < 4.78 is 13.0. The van der Waals surface area contributed by atoms with Crippen molar-refractivity contribution in [3.8, 4) is 22.1 Å². The van der Waals surface area contributed by atoms with E-state index in [4.69, 9.17) is 14.5 Å². The third-order valence-corrected chi connectivity index (χ3v) is 5.89. The van der Waals surface area contributed by atoms with Crippen LogP contribution in [0.4, 0.5) is 0 Å². The molecule has 1 aliphatic rings. The summed E-state index contributed by atoms with van der Waals surface area (Å²) in [6, 6.07) is 5.94. The van der Waals surface area contributed by atoms with Crippen LogP contribution in [-0.4, -0.2) is 26.5 Å². The first-order chi connectivity index (χ1) is 12.3. The van der Waals surface area contributed by atoms with Gasteiger partial charge in [-0.05, 0) is 25.1 Å². The van der Waals surface area contributed by atoms with Crippen molar-refractivity contribution < 1.29 is 9.47 Å². The molecule has 0 fully saturated rings. The highest BCUT2D eigenvalue weighted by Gasteiger charge is 2.16. The molecule has 8 heteroatoms. The van der Waals surface area contributed by atoms with Crippen molar-refractivity contribution in [1.82, 2.24) is 19.7 Å². The van der Waals surface area contributed by atoms with E-state index in [1.54, 1.807) is 23.1 Å². The zero-order chi connectivity index (χ0) is 17.2. The van der Waals surface area contributed by atoms with E-state index in [0.29, 0.717) is 0 Å². The zero-order valence-corrected chi connectivity index (χ0v) is 15.7. The van der Waals surface area contributed by atoms with Crippen molar-refractivity contribution in [3.63, 3.8) is 0 Å². The molecule has 0 saturated carbocycles. The summed E-state index contributed by atoms with van der Waals surface area (Å²) in [5.74, 6) is 3.39. The summed E-state index contributed by atoms with van der Waals surface area (Å²) in [7, 11) is 0. The summed E-state index contributed by atoms with van der Waals surface area (Å²) in [6.07, 6.45) is 0.895. The maximum atomic E-state index is 5.44. The standard InChI is InChI=1S/C17H18N4O2S2/c1-3-15-19-20-17(21(15)4-2)25-9-12-8-24-16(18-12)11-5-6-13-14(7-11)23-10-22-13/h5-8H,3-4,9-10H2,1-2H3. The second-order valence-electron chi connectivity index (χ2n) is 5.50. The average molecular weight is 374 g/mol. The molecule has 4 rings (SSSR count). The van der Waals surface area contributed by atoms with Crippen LogP contribution in [0.2, 0.25) is 0 Å². The number of nitrogens with zero attached hydrogens (tertiary/aromatic N) is 4. The second kappa shape index (κ2) is 7.05. The molecule has 0 bridgehead atoms. The number of thioether (sulfide) groups is 1. The number of aryl methyl sites for hydroxylation is 1. The highest BCUT2D eigenvalue weighted by atomic mass is 32.2. The molecule has 0 spiro atoms. The first-order valence-electron chi connectivity index (χ1n) is 8.17. The highest BCUT2D eigenvalue weighted by Crippen LogP contribution is 2.37. The molecule has 1 aromatic carbocycles. The SMILES string of the molecule is CCc1nnc(SCc2csc(-c3ccc4c(c3)OCO4)n2)n1CC. The van der Waals surface area contributed by atoms with Gasteiger partial charge in [0.25, 0.3) is 0 Å². The predicted molar refractivity (Wildman–Crippen MR) is 98.3 cm³/mol. The Hall–Kier alpha value is -2.06. The van der Waals surface area contributed by atoms with E-state index in [2.05, 4.69) is 34.0 Å². The van der Waals surface area contributed by atoms with Crippen LogP contribution < -0.4 is 9.47 Å². The fourth-order valence-corrected chi connectivity index (χ4v) is 4.51. The number of rotatable bonds is 6. The molecule has 1 aliphatic heterocycles. The van der Waals surface area contributed by atoms with Crippen LogP contribution in [0.15, 0.2) is 28.7 Å². The zero-order valence-electron chi connectivity index (χ0n) is 14.1. The lowest BCUT2D eigenvalue weighted by molar-refractivity contribution is 0.174. The molecule has 6 nitrogen and oxygen atoms in total. The van der Waals surface area contributed by atoms with Crippen molar-refractivity contribution in [2.75, 3.05) is 6.79 Å². The van der Waals surface area contributed by atoms with Crippen molar-refractivity contribution in [1.29, 1.82) is 0 Å². The third kappa shape index (κ3) is 3.23. The Bertz CT molecular complexity index is 891. The number of fused-ring (bicyclic) bond motifs is 1. The van der Waals surface area contributed by atoms with Gasteiger partial charge in [0, 0.05) is 29.7 Å². The van der Waals surface area contributed by atoms with Gasteiger partial charge >= 0.3 is 0 Å². The van der Waals surface area contributed by atoms with Crippen LogP contribution in [0.5, 0.6) is 11.5 Å². The van der Waals surface area contributed by atoms with Gasteiger partial charge in [-0.1, -0.05) is 18.7 Å². The summed E-state index contributed by atoms with van der Waals surface area (Å²) in [5, 5.41) is 12.6. The Labute approximate surface area is 154 Å². The molecule has 0 unspecified atom stereocenters. The first kappa shape index (κ1) is 16.4. The Kier molecular flexibility index (Phi) is 4.63. The number of hydrogen-bond donors (Lipinski definition) is 0. The van der Waals surface area contributed by atoms with E-state index in [1.807, 2.05) is 18.2 Å². The van der Waals surface area contributed by atoms with Gasteiger partial charge in [0.1, 0.15) is 10.8 Å². The van der Waals surface area contributed by atoms with E-state index in [9.17, 15) is 0 Å². The number of benzene rings is 1. The Morgan fingerprint density at radius 1 is 1.20 bits per heavy atom. The molecule has 0 amide bonds. The topological polar surface area (TPSA) is 62.1 Å². The monoisotopic (exact) mass is 374 g/mol. The maximum absolute atomic E-state index is 5.44. The molecule has 3 aromatic rings. The molecule has 25 heavy (non-hydrogen) atoms. The smallest absolute Gasteiger partial charge is 0.231 e. The molecule has 130 valence electrons. The lowest BCUT2D eigenvalue weighted by Gasteiger charge is -2.04. The largest absolute Gasteiger partial charge is 0.454 e. The minimum Gasteiger partial charge on any atom is -0.454 e. The van der Waals surface area contributed by atoms with E-state index in [-0.39, 0.29) is 6.79 Å². The van der Waals surface area contributed by atoms with Crippen LogP contribution in [-0.2, 0) is 18.7 Å². The van der Waals surface area contributed by atoms with Crippen LogP contribution in [0, 0.1) is 0 Å². The van der Waals surface area contributed by atoms with Crippen LogP contribution in [0.3, 0.4) is 0 Å². The van der Waals surface area contributed by atoms with Gasteiger partial charge < -0.3 is 14.0 Å². The first-order valence-corrected chi connectivity index (χ1v) is 10.0. The van der Waals surface area contributed by atoms with Gasteiger partial charge in [0.2, 0.25) is 6.79 Å².